The molecule has 1 aliphatic heterocycles. The number of cyclic esters (lactones) is 1. The first-order valence-electron chi connectivity index (χ1n) is 10.6. The third-order valence-electron chi connectivity index (χ3n) is 7.57. The van der Waals surface area contributed by atoms with E-state index in [1.54, 1.807) is 0 Å². The van der Waals surface area contributed by atoms with E-state index in [1.807, 2.05) is 30.3 Å². The molecule has 0 spiro atoms. The van der Waals surface area contributed by atoms with Crippen LogP contribution in [0, 0.1) is 23.2 Å². The maximum atomic E-state index is 12.8. The van der Waals surface area contributed by atoms with Gasteiger partial charge in [0, 0.05) is 11.0 Å². The molecule has 4 bridgehead atoms. The number of aliphatic imine (C=N–C) groups is 1. The molecule has 1 atom stereocenters. The van der Waals surface area contributed by atoms with Crippen LogP contribution >= 0.6 is 0 Å². The Labute approximate surface area is 165 Å². The first kappa shape index (κ1) is 16.5. The summed E-state index contributed by atoms with van der Waals surface area (Å²) in [4.78, 5) is 17.7. The van der Waals surface area contributed by atoms with Gasteiger partial charge in [0.25, 0.3) is 0 Å². The van der Waals surface area contributed by atoms with E-state index in [4.69, 9.17) is 9.73 Å². The molecule has 2 aromatic rings. The van der Waals surface area contributed by atoms with E-state index < -0.39 is 0 Å². The Balaban J connectivity index is 1.29. The molecule has 3 heteroatoms. The Bertz CT molecular complexity index is 909. The van der Waals surface area contributed by atoms with Gasteiger partial charge in [-0.3, -0.25) is 0 Å². The van der Waals surface area contributed by atoms with E-state index in [-0.39, 0.29) is 17.4 Å². The number of carbonyl (C=O) groups is 1. The van der Waals surface area contributed by atoms with E-state index in [1.165, 1.54) is 44.1 Å². The largest absolute Gasteiger partial charge is 0.406 e. The van der Waals surface area contributed by atoms with Crippen molar-refractivity contribution >= 4 is 11.9 Å². The molecule has 4 fully saturated rings. The second-order valence-electron chi connectivity index (χ2n) is 9.48. The summed E-state index contributed by atoms with van der Waals surface area (Å²) < 4.78 is 5.71. The summed E-state index contributed by atoms with van der Waals surface area (Å²) in [6, 6.07) is 18.2. The minimum absolute atomic E-state index is 0.0670. The number of benzene rings is 2. The van der Waals surface area contributed by atoms with Gasteiger partial charge in [0.1, 0.15) is 0 Å². The van der Waals surface area contributed by atoms with E-state index in [9.17, 15) is 4.79 Å². The quantitative estimate of drug-likeness (QED) is 0.692. The van der Waals surface area contributed by atoms with Gasteiger partial charge in [0.05, 0.1) is 0 Å². The zero-order chi connectivity index (χ0) is 18.7. The standard InChI is InChI=1S/C25H25NO2/c27-24-22(25-13-16-10-17(14-25)12-18(11-16)15-25)26-23(28-24)21-8-6-20(7-9-21)19-4-2-1-3-5-19/h1-9,16-18,22H,10-15H2/t16?,17?,18?,22-,25?/m1/s1. The number of ether oxygens (including phenoxy) is 1. The molecule has 0 aromatic heterocycles. The van der Waals surface area contributed by atoms with Crippen molar-refractivity contribution in [3.05, 3.63) is 60.2 Å². The molecule has 0 saturated heterocycles. The summed E-state index contributed by atoms with van der Waals surface area (Å²) in [5.74, 6) is 2.82. The van der Waals surface area contributed by atoms with Crippen molar-refractivity contribution in [1.82, 2.24) is 0 Å². The fraction of sp³-hybridized carbons (Fsp3) is 0.440. The highest BCUT2D eigenvalue weighted by Crippen LogP contribution is 2.62. The zero-order valence-electron chi connectivity index (χ0n) is 16.0. The monoisotopic (exact) mass is 371 g/mol. The molecule has 0 amide bonds. The number of carbonyl (C=O) groups excluding carboxylic acids is 1. The van der Waals surface area contributed by atoms with Crippen LogP contribution in [0.1, 0.15) is 44.1 Å². The molecule has 0 N–H and O–H groups in total. The number of nitrogens with zero attached hydrogens (tertiary/aromatic N) is 1. The van der Waals surface area contributed by atoms with Gasteiger partial charge in [-0.2, -0.15) is 0 Å². The maximum absolute atomic E-state index is 12.8. The minimum atomic E-state index is -0.287. The Morgan fingerprint density at radius 1 is 0.750 bits per heavy atom. The van der Waals surface area contributed by atoms with Crippen LogP contribution in [0.25, 0.3) is 11.1 Å². The first-order valence-corrected chi connectivity index (χ1v) is 10.6. The van der Waals surface area contributed by atoms with Crippen molar-refractivity contribution in [1.29, 1.82) is 0 Å². The van der Waals surface area contributed by atoms with Gasteiger partial charge in [-0.25, -0.2) is 9.79 Å². The average molecular weight is 371 g/mol. The number of hydrogen-bond acceptors (Lipinski definition) is 3. The molecule has 5 aliphatic rings. The molecule has 3 nitrogen and oxygen atoms in total. The summed E-state index contributed by atoms with van der Waals surface area (Å²) in [6.07, 6.45) is 7.63. The summed E-state index contributed by atoms with van der Waals surface area (Å²) in [5, 5.41) is 0. The molecule has 28 heavy (non-hydrogen) atoms. The minimum Gasteiger partial charge on any atom is -0.406 e. The lowest BCUT2D eigenvalue weighted by Crippen LogP contribution is -2.52. The van der Waals surface area contributed by atoms with Gasteiger partial charge < -0.3 is 4.74 Å². The molecule has 2 aromatic carbocycles. The normalized spacial score (nSPS) is 35.7. The molecular weight excluding hydrogens is 346 g/mol. The topological polar surface area (TPSA) is 38.7 Å². The lowest BCUT2D eigenvalue weighted by molar-refractivity contribution is -0.144. The van der Waals surface area contributed by atoms with Crippen molar-refractivity contribution < 1.29 is 9.53 Å². The predicted octanol–water partition coefficient (Wildman–Crippen LogP) is 5.24. The number of esters is 1. The fourth-order valence-electron chi connectivity index (χ4n) is 6.82. The second-order valence-corrected chi connectivity index (χ2v) is 9.48. The third-order valence-corrected chi connectivity index (χ3v) is 7.57. The van der Waals surface area contributed by atoms with Gasteiger partial charge in [-0.05, 0) is 79.5 Å². The van der Waals surface area contributed by atoms with E-state index in [0.29, 0.717) is 5.90 Å². The number of hydrogen-bond donors (Lipinski definition) is 0. The van der Waals surface area contributed by atoms with Crippen LogP contribution in [0.3, 0.4) is 0 Å². The van der Waals surface area contributed by atoms with Crippen LogP contribution in [-0.2, 0) is 9.53 Å². The molecule has 0 unspecified atom stereocenters. The van der Waals surface area contributed by atoms with Crippen molar-refractivity contribution in [2.75, 3.05) is 0 Å². The molecule has 4 aliphatic carbocycles. The predicted molar refractivity (Wildman–Crippen MR) is 109 cm³/mol. The SMILES string of the molecule is O=C1OC(c2ccc(-c3ccccc3)cc2)=N[C@H]1C12CC3CC(CC(C3)C1)C2. The average Bonchev–Trinajstić information content (AvgIpc) is 3.10. The third kappa shape index (κ3) is 2.56. The second kappa shape index (κ2) is 6.04. The summed E-state index contributed by atoms with van der Waals surface area (Å²) in [6.45, 7) is 0. The van der Waals surface area contributed by atoms with Crippen molar-refractivity contribution in [3.8, 4) is 11.1 Å². The van der Waals surface area contributed by atoms with Crippen LogP contribution in [0.5, 0.6) is 0 Å². The molecule has 7 rings (SSSR count). The molecule has 4 saturated carbocycles. The van der Waals surface area contributed by atoms with Crippen molar-refractivity contribution in [3.63, 3.8) is 0 Å². The molecule has 1 heterocycles. The highest BCUT2D eigenvalue weighted by Gasteiger charge is 2.58. The van der Waals surface area contributed by atoms with Crippen LogP contribution < -0.4 is 0 Å². The van der Waals surface area contributed by atoms with Crippen LogP contribution in [0.4, 0.5) is 0 Å². The Hall–Kier alpha value is -2.42. The van der Waals surface area contributed by atoms with Gasteiger partial charge in [0.15, 0.2) is 6.04 Å². The molecule has 142 valence electrons. The van der Waals surface area contributed by atoms with E-state index in [2.05, 4.69) is 24.3 Å². The molecular formula is C25H25NO2. The Morgan fingerprint density at radius 3 is 1.89 bits per heavy atom. The van der Waals surface area contributed by atoms with Crippen molar-refractivity contribution in [2.45, 2.75) is 44.6 Å². The lowest BCUT2D eigenvalue weighted by Gasteiger charge is -2.57. The van der Waals surface area contributed by atoms with Crippen molar-refractivity contribution in [2.24, 2.45) is 28.2 Å². The van der Waals surface area contributed by atoms with Gasteiger partial charge in [-0.15, -0.1) is 0 Å². The van der Waals surface area contributed by atoms with Crippen LogP contribution in [0.2, 0.25) is 0 Å². The fourth-order valence-corrected chi connectivity index (χ4v) is 6.82. The Kier molecular flexibility index (Phi) is 3.56. The first-order chi connectivity index (χ1) is 13.7. The maximum Gasteiger partial charge on any atom is 0.338 e. The highest BCUT2D eigenvalue weighted by atomic mass is 16.6. The van der Waals surface area contributed by atoms with Gasteiger partial charge in [-0.1, -0.05) is 42.5 Å². The highest BCUT2D eigenvalue weighted by molar-refractivity contribution is 6.06. The van der Waals surface area contributed by atoms with Crippen LogP contribution in [0.15, 0.2) is 59.6 Å². The summed E-state index contributed by atoms with van der Waals surface area (Å²) in [7, 11) is 0. The number of rotatable bonds is 3. The smallest absolute Gasteiger partial charge is 0.338 e. The van der Waals surface area contributed by atoms with E-state index >= 15 is 0 Å². The van der Waals surface area contributed by atoms with Crippen LogP contribution in [-0.4, -0.2) is 17.9 Å². The van der Waals surface area contributed by atoms with Gasteiger partial charge >= 0.3 is 5.97 Å². The van der Waals surface area contributed by atoms with Gasteiger partial charge in [0.2, 0.25) is 5.90 Å². The zero-order valence-corrected chi connectivity index (χ0v) is 16.0. The van der Waals surface area contributed by atoms with E-state index in [0.717, 1.165) is 28.9 Å². The summed E-state index contributed by atoms with van der Waals surface area (Å²) in [5.41, 5.74) is 3.32. The molecule has 0 radical (unpaired) electrons. The Morgan fingerprint density at radius 2 is 1.29 bits per heavy atom. The summed E-state index contributed by atoms with van der Waals surface area (Å²) >= 11 is 0. The lowest BCUT2D eigenvalue weighted by atomic mass is 9.48.